The molecule has 2 aliphatic heterocycles. The van der Waals surface area contributed by atoms with Crippen molar-refractivity contribution in [1.82, 2.24) is 10.6 Å². The Labute approximate surface area is 170 Å². The van der Waals surface area contributed by atoms with E-state index in [9.17, 15) is 19.2 Å². The van der Waals surface area contributed by atoms with Gasteiger partial charge < -0.3 is 10.6 Å². The summed E-state index contributed by atoms with van der Waals surface area (Å²) in [6.07, 6.45) is 0.350. The van der Waals surface area contributed by atoms with E-state index in [0.29, 0.717) is 12.0 Å². The van der Waals surface area contributed by atoms with Crippen LogP contribution in [0.15, 0.2) is 65.1 Å². The van der Waals surface area contributed by atoms with Crippen LogP contribution in [0.4, 0.5) is 0 Å². The normalized spacial score (nSPS) is 25.6. The number of benzene rings is 2. The van der Waals surface area contributed by atoms with Gasteiger partial charge in [-0.3, -0.25) is 19.2 Å². The van der Waals surface area contributed by atoms with Crippen LogP contribution in [0, 0.1) is 0 Å². The molecule has 1 fully saturated rings. The first kappa shape index (κ1) is 17.9. The molecule has 29 heavy (non-hydrogen) atoms. The molecular weight excluding hydrogens is 388 g/mol. The van der Waals surface area contributed by atoms with Crippen LogP contribution < -0.4 is 10.6 Å². The molecule has 0 radical (unpaired) electrons. The van der Waals surface area contributed by atoms with Gasteiger partial charge in [0, 0.05) is 23.3 Å². The van der Waals surface area contributed by atoms with E-state index in [1.54, 1.807) is 24.3 Å². The second-order valence-electron chi connectivity index (χ2n) is 7.31. The van der Waals surface area contributed by atoms with Crippen molar-refractivity contribution < 1.29 is 19.2 Å². The number of carbonyl (C=O) groups is 4. The monoisotopic (exact) mass is 404 g/mol. The molecule has 144 valence electrons. The molecule has 2 aromatic carbocycles. The van der Waals surface area contributed by atoms with Crippen LogP contribution in [-0.4, -0.2) is 40.7 Å². The van der Waals surface area contributed by atoms with E-state index in [4.69, 9.17) is 0 Å². The lowest BCUT2D eigenvalue weighted by Gasteiger charge is -2.38. The third-order valence-electron chi connectivity index (χ3n) is 5.57. The molecule has 7 heteroatoms. The predicted molar refractivity (Wildman–Crippen MR) is 108 cm³/mol. The number of nitrogens with one attached hydrogen (secondary N) is 2. The van der Waals surface area contributed by atoms with E-state index in [0.717, 1.165) is 17.3 Å². The molecule has 1 spiro atoms. The highest BCUT2D eigenvalue weighted by Gasteiger charge is 2.58. The van der Waals surface area contributed by atoms with Gasteiger partial charge in [0.2, 0.25) is 11.7 Å². The lowest BCUT2D eigenvalue weighted by Crippen LogP contribution is -2.71. The lowest BCUT2D eigenvalue weighted by atomic mass is 9.78. The fourth-order valence-corrected chi connectivity index (χ4v) is 5.46. The summed E-state index contributed by atoms with van der Waals surface area (Å²) in [7, 11) is 0. The maximum Gasteiger partial charge on any atom is 0.252 e. The van der Waals surface area contributed by atoms with Crippen LogP contribution in [0.3, 0.4) is 0 Å². The maximum absolute atomic E-state index is 13.2. The zero-order valence-corrected chi connectivity index (χ0v) is 16.0. The zero-order valence-electron chi connectivity index (χ0n) is 15.2. The molecule has 2 heterocycles. The second-order valence-corrected chi connectivity index (χ2v) is 8.29. The highest BCUT2D eigenvalue weighted by atomic mass is 32.2. The first-order valence-corrected chi connectivity index (χ1v) is 10.2. The van der Waals surface area contributed by atoms with Gasteiger partial charge in [0.25, 0.3) is 5.91 Å². The van der Waals surface area contributed by atoms with Gasteiger partial charge >= 0.3 is 0 Å². The SMILES string of the molecule is O=C1C2=C(C(=O)c3ccccc31)[C@@]1(CS2)NC(=O)[C@H](Cc2ccccc2)NC1=O. The summed E-state index contributed by atoms with van der Waals surface area (Å²) in [5, 5.41) is 5.57. The average Bonchev–Trinajstić information content (AvgIpc) is 3.11. The molecule has 2 atom stereocenters. The first-order valence-electron chi connectivity index (χ1n) is 9.24. The number of rotatable bonds is 2. The highest BCUT2D eigenvalue weighted by Crippen LogP contribution is 2.46. The minimum absolute atomic E-state index is 0.0928. The zero-order chi connectivity index (χ0) is 20.2. The molecule has 3 aliphatic rings. The quantitative estimate of drug-likeness (QED) is 0.794. The van der Waals surface area contributed by atoms with Gasteiger partial charge in [0.15, 0.2) is 11.3 Å². The number of hydrogen-bond donors (Lipinski definition) is 2. The molecule has 6 nitrogen and oxygen atoms in total. The van der Waals surface area contributed by atoms with Gasteiger partial charge in [-0.1, -0.05) is 54.6 Å². The average molecular weight is 404 g/mol. The number of thioether (sulfide) groups is 1. The Morgan fingerprint density at radius 3 is 2.28 bits per heavy atom. The first-order chi connectivity index (χ1) is 14.0. The number of fused-ring (bicyclic) bond motifs is 2. The number of piperazine rings is 1. The van der Waals surface area contributed by atoms with Gasteiger partial charge in [0.05, 0.1) is 10.5 Å². The predicted octanol–water partition coefficient (Wildman–Crippen LogP) is 1.66. The van der Waals surface area contributed by atoms with Crippen LogP contribution in [0.25, 0.3) is 0 Å². The van der Waals surface area contributed by atoms with Gasteiger partial charge in [-0.15, -0.1) is 11.8 Å². The number of amides is 2. The molecule has 1 aliphatic carbocycles. The van der Waals surface area contributed by atoms with Crippen molar-refractivity contribution in [2.45, 2.75) is 18.0 Å². The Morgan fingerprint density at radius 1 is 0.897 bits per heavy atom. The summed E-state index contributed by atoms with van der Waals surface area (Å²) in [6, 6.07) is 15.2. The largest absolute Gasteiger partial charge is 0.342 e. The molecule has 2 aromatic rings. The fourth-order valence-electron chi connectivity index (χ4n) is 4.10. The lowest BCUT2D eigenvalue weighted by molar-refractivity contribution is -0.139. The minimum atomic E-state index is -1.51. The molecule has 2 amide bonds. The van der Waals surface area contributed by atoms with Gasteiger partial charge in [-0.05, 0) is 5.56 Å². The van der Waals surface area contributed by atoms with E-state index in [-0.39, 0.29) is 39.3 Å². The Kier molecular flexibility index (Phi) is 3.96. The van der Waals surface area contributed by atoms with Gasteiger partial charge in [-0.2, -0.15) is 0 Å². The van der Waals surface area contributed by atoms with E-state index < -0.39 is 17.5 Å². The van der Waals surface area contributed by atoms with Crippen molar-refractivity contribution in [3.8, 4) is 0 Å². The molecule has 2 N–H and O–H groups in total. The number of hydrogen-bond acceptors (Lipinski definition) is 5. The van der Waals surface area contributed by atoms with Crippen molar-refractivity contribution in [3.05, 3.63) is 81.8 Å². The van der Waals surface area contributed by atoms with Crippen molar-refractivity contribution in [1.29, 1.82) is 0 Å². The van der Waals surface area contributed by atoms with Crippen molar-refractivity contribution >= 4 is 35.1 Å². The van der Waals surface area contributed by atoms with Gasteiger partial charge in [-0.25, -0.2) is 0 Å². The summed E-state index contributed by atoms with van der Waals surface area (Å²) in [4.78, 5) is 52.3. The van der Waals surface area contributed by atoms with Crippen LogP contribution in [-0.2, 0) is 16.0 Å². The standard InChI is InChI=1S/C22H16N2O4S/c25-17-13-8-4-5-9-14(13)18(26)19-16(17)22(11-29-19)21(28)23-15(20(27)24-22)10-12-6-2-1-3-7-12/h1-9,15H,10-11H2,(H,23,28)(H,24,27)/t15-,22+/m0/s1. The molecule has 0 bridgehead atoms. The van der Waals surface area contributed by atoms with Crippen molar-refractivity contribution in [2.24, 2.45) is 0 Å². The second kappa shape index (κ2) is 6.42. The smallest absolute Gasteiger partial charge is 0.252 e. The molecule has 0 saturated carbocycles. The summed E-state index contributed by atoms with van der Waals surface area (Å²) in [5.41, 5.74) is 0.111. The summed E-state index contributed by atoms with van der Waals surface area (Å²) in [6.45, 7) is 0. The highest BCUT2D eigenvalue weighted by molar-refractivity contribution is 8.04. The van der Waals surface area contributed by atoms with E-state index in [2.05, 4.69) is 10.6 Å². The Morgan fingerprint density at radius 2 is 1.55 bits per heavy atom. The summed E-state index contributed by atoms with van der Waals surface area (Å²) < 4.78 is 0. The summed E-state index contributed by atoms with van der Waals surface area (Å²) >= 11 is 1.15. The fraction of sp³-hybridized carbons (Fsp3) is 0.182. The number of carbonyl (C=O) groups excluding carboxylic acids is 4. The van der Waals surface area contributed by atoms with Crippen molar-refractivity contribution in [3.63, 3.8) is 0 Å². The van der Waals surface area contributed by atoms with E-state index >= 15 is 0 Å². The van der Waals surface area contributed by atoms with Crippen molar-refractivity contribution in [2.75, 3.05) is 5.75 Å². The molecule has 0 aromatic heterocycles. The maximum atomic E-state index is 13.2. The van der Waals surface area contributed by atoms with E-state index in [1.165, 1.54) is 0 Å². The van der Waals surface area contributed by atoms with Crippen LogP contribution >= 0.6 is 11.8 Å². The Bertz CT molecular complexity index is 1120. The molecule has 0 unspecified atom stereocenters. The minimum Gasteiger partial charge on any atom is -0.342 e. The number of Topliss-reactive ketones (excluding diaryl/α,β-unsaturated/α-hetero) is 2. The van der Waals surface area contributed by atoms with Crippen LogP contribution in [0.5, 0.6) is 0 Å². The number of ketones is 2. The third-order valence-corrected chi connectivity index (χ3v) is 6.82. The van der Waals surface area contributed by atoms with Crippen LogP contribution in [0.2, 0.25) is 0 Å². The number of allylic oxidation sites excluding steroid dienone is 1. The Hall–Kier alpha value is -3.19. The van der Waals surface area contributed by atoms with E-state index in [1.807, 2.05) is 30.3 Å². The van der Waals surface area contributed by atoms with Crippen LogP contribution in [0.1, 0.15) is 26.3 Å². The Balaban J connectivity index is 1.50. The molecule has 5 rings (SSSR count). The summed E-state index contributed by atoms with van der Waals surface area (Å²) in [5.74, 6) is -1.33. The third kappa shape index (κ3) is 2.57. The van der Waals surface area contributed by atoms with Gasteiger partial charge in [0.1, 0.15) is 6.04 Å². The molecule has 1 saturated heterocycles. The topological polar surface area (TPSA) is 92.3 Å². The molecular formula is C22H16N2O4S.